The van der Waals surface area contributed by atoms with Gasteiger partial charge in [-0.1, -0.05) is 43.9 Å². The number of urea groups is 1. The van der Waals surface area contributed by atoms with Crippen LogP contribution in [0.3, 0.4) is 0 Å². The monoisotopic (exact) mass is 432 g/mol. The van der Waals surface area contributed by atoms with Gasteiger partial charge in [-0.25, -0.2) is 4.79 Å². The van der Waals surface area contributed by atoms with Crippen LogP contribution in [-0.4, -0.2) is 27.4 Å². The number of sulfonamides is 1. The maximum atomic E-state index is 12.9. The second-order valence-electron chi connectivity index (χ2n) is 6.82. The lowest BCUT2D eigenvalue weighted by atomic mass is 10.2. The number of carbonyl (C=O) groups is 2. The van der Waals surface area contributed by atoms with Gasteiger partial charge in [0.25, 0.3) is 10.0 Å². The second kappa shape index (κ2) is 11.2. The maximum Gasteiger partial charge on any atom is 0.319 e. The van der Waals surface area contributed by atoms with E-state index in [2.05, 4.69) is 23.0 Å². The van der Waals surface area contributed by atoms with E-state index in [0.717, 1.165) is 35.7 Å². The molecule has 0 saturated heterocycles. The Hall–Kier alpha value is -3.07. The van der Waals surface area contributed by atoms with Gasteiger partial charge in [0.2, 0.25) is 6.41 Å². The Morgan fingerprint density at radius 2 is 1.67 bits per heavy atom. The number of amides is 3. The summed E-state index contributed by atoms with van der Waals surface area (Å²) in [5, 5.41) is 5.48. The molecule has 0 bridgehead atoms. The third-order valence-electron chi connectivity index (χ3n) is 4.40. The molecule has 3 amide bonds. The van der Waals surface area contributed by atoms with Crippen LogP contribution in [0.2, 0.25) is 0 Å². The van der Waals surface area contributed by atoms with E-state index >= 15 is 0 Å². The first-order chi connectivity index (χ1) is 14.4. The highest BCUT2D eigenvalue weighted by Crippen LogP contribution is 2.23. The van der Waals surface area contributed by atoms with Crippen LogP contribution in [0.25, 0.3) is 0 Å². The van der Waals surface area contributed by atoms with Gasteiger partial charge in [-0.15, -0.1) is 0 Å². The summed E-state index contributed by atoms with van der Waals surface area (Å²) in [4.78, 5) is 23.0. The standard InChI is InChI=1S/C21H28N4O4S/c1-3-4-5-6-15-22-21(27)24-18-9-11-19(12-10-18)25(23-16-26)30(28,29)20-13-7-17(2)8-14-20/h7-14,16H,3-6,15H2,1-2H3,(H,23,26)(H2,22,24,27). The van der Waals surface area contributed by atoms with Crippen LogP contribution < -0.4 is 20.5 Å². The second-order valence-corrected chi connectivity index (χ2v) is 8.60. The topological polar surface area (TPSA) is 108 Å². The number of hydrazine groups is 1. The van der Waals surface area contributed by atoms with Gasteiger partial charge in [-0.2, -0.15) is 12.8 Å². The first kappa shape index (κ1) is 23.2. The molecule has 2 aromatic carbocycles. The molecule has 0 aliphatic rings. The Morgan fingerprint density at radius 3 is 2.27 bits per heavy atom. The highest BCUT2D eigenvalue weighted by Gasteiger charge is 2.25. The van der Waals surface area contributed by atoms with Crippen molar-refractivity contribution in [1.82, 2.24) is 10.7 Å². The molecular formula is C21H28N4O4S. The average Bonchev–Trinajstić information content (AvgIpc) is 2.73. The molecule has 9 heteroatoms. The highest BCUT2D eigenvalue weighted by atomic mass is 32.2. The first-order valence-electron chi connectivity index (χ1n) is 9.85. The number of nitrogens with zero attached hydrogens (tertiary/aromatic N) is 1. The van der Waals surface area contributed by atoms with E-state index in [0.29, 0.717) is 18.6 Å². The van der Waals surface area contributed by atoms with E-state index in [-0.39, 0.29) is 16.6 Å². The number of rotatable bonds is 11. The number of carbonyl (C=O) groups excluding carboxylic acids is 2. The minimum atomic E-state index is -4.00. The van der Waals surface area contributed by atoms with Gasteiger partial charge in [0.1, 0.15) is 0 Å². The van der Waals surface area contributed by atoms with Gasteiger partial charge >= 0.3 is 6.03 Å². The van der Waals surface area contributed by atoms with Crippen LogP contribution in [-0.2, 0) is 14.8 Å². The van der Waals surface area contributed by atoms with Gasteiger partial charge in [-0.3, -0.25) is 10.2 Å². The molecule has 30 heavy (non-hydrogen) atoms. The molecule has 0 atom stereocenters. The number of hydrogen-bond acceptors (Lipinski definition) is 4. The zero-order chi connectivity index (χ0) is 22.0. The summed E-state index contributed by atoms with van der Waals surface area (Å²) >= 11 is 0. The lowest BCUT2D eigenvalue weighted by Crippen LogP contribution is -2.42. The molecule has 0 aromatic heterocycles. The van der Waals surface area contributed by atoms with E-state index < -0.39 is 10.0 Å². The molecule has 0 aliphatic carbocycles. The lowest BCUT2D eigenvalue weighted by Gasteiger charge is -2.23. The fourth-order valence-corrected chi connectivity index (χ4v) is 4.03. The molecule has 2 rings (SSSR count). The average molecular weight is 433 g/mol. The van der Waals surface area contributed by atoms with E-state index in [4.69, 9.17) is 0 Å². The Labute approximate surface area is 177 Å². The molecule has 8 nitrogen and oxygen atoms in total. The quantitative estimate of drug-likeness (QED) is 0.287. The Balaban J connectivity index is 2.07. The van der Waals surface area contributed by atoms with Crippen LogP contribution in [0.5, 0.6) is 0 Å². The van der Waals surface area contributed by atoms with E-state index in [9.17, 15) is 18.0 Å². The van der Waals surface area contributed by atoms with Crippen LogP contribution in [0.4, 0.5) is 16.2 Å². The fourth-order valence-electron chi connectivity index (χ4n) is 2.76. The van der Waals surface area contributed by atoms with Crippen molar-refractivity contribution in [3.05, 3.63) is 54.1 Å². The number of anilines is 2. The summed E-state index contributed by atoms with van der Waals surface area (Å²) < 4.78 is 26.6. The zero-order valence-electron chi connectivity index (χ0n) is 17.2. The van der Waals surface area contributed by atoms with Crippen LogP contribution in [0, 0.1) is 6.92 Å². The largest absolute Gasteiger partial charge is 0.338 e. The summed E-state index contributed by atoms with van der Waals surface area (Å²) in [6, 6.07) is 12.1. The van der Waals surface area contributed by atoms with Crippen molar-refractivity contribution in [3.63, 3.8) is 0 Å². The zero-order valence-corrected chi connectivity index (χ0v) is 18.0. The molecule has 2 aromatic rings. The number of aryl methyl sites for hydroxylation is 1. The molecule has 0 heterocycles. The van der Waals surface area contributed by atoms with Crippen molar-refractivity contribution >= 4 is 33.8 Å². The maximum absolute atomic E-state index is 12.9. The molecular weight excluding hydrogens is 404 g/mol. The SMILES string of the molecule is CCCCCCNC(=O)Nc1ccc(N(NC=O)S(=O)(=O)c2ccc(C)cc2)cc1. The van der Waals surface area contributed by atoms with Crippen molar-refractivity contribution < 1.29 is 18.0 Å². The first-order valence-corrected chi connectivity index (χ1v) is 11.3. The van der Waals surface area contributed by atoms with Crippen molar-refractivity contribution in [2.24, 2.45) is 0 Å². The summed E-state index contributed by atoms with van der Waals surface area (Å²) in [5.41, 5.74) is 3.87. The van der Waals surface area contributed by atoms with Gasteiger partial charge < -0.3 is 10.6 Å². The summed E-state index contributed by atoms with van der Waals surface area (Å²) in [5.74, 6) is 0. The molecule has 162 valence electrons. The molecule has 0 fully saturated rings. The Bertz CT molecular complexity index is 928. The number of nitrogens with one attached hydrogen (secondary N) is 3. The van der Waals surface area contributed by atoms with Crippen molar-refractivity contribution in [1.29, 1.82) is 0 Å². The van der Waals surface area contributed by atoms with Gasteiger partial charge in [0.05, 0.1) is 10.6 Å². The van der Waals surface area contributed by atoms with E-state index in [1.165, 1.54) is 24.3 Å². The van der Waals surface area contributed by atoms with Crippen molar-refractivity contribution in [3.8, 4) is 0 Å². The third kappa shape index (κ3) is 6.48. The van der Waals surface area contributed by atoms with Crippen molar-refractivity contribution in [2.75, 3.05) is 16.3 Å². The van der Waals surface area contributed by atoms with E-state index in [1.54, 1.807) is 24.3 Å². The van der Waals surface area contributed by atoms with Gasteiger partial charge in [-0.05, 0) is 49.7 Å². The van der Waals surface area contributed by atoms with Gasteiger partial charge in [0.15, 0.2) is 0 Å². The molecule has 0 radical (unpaired) electrons. The predicted molar refractivity (Wildman–Crippen MR) is 118 cm³/mol. The minimum absolute atomic E-state index is 0.0482. The Kier molecular flexibility index (Phi) is 8.67. The van der Waals surface area contributed by atoms with E-state index in [1.807, 2.05) is 6.92 Å². The number of hydrogen-bond donors (Lipinski definition) is 3. The molecule has 0 saturated carbocycles. The minimum Gasteiger partial charge on any atom is -0.338 e. The van der Waals surface area contributed by atoms with Crippen LogP contribution in [0.1, 0.15) is 38.2 Å². The smallest absolute Gasteiger partial charge is 0.319 e. The molecule has 0 aliphatic heterocycles. The Morgan fingerprint density at radius 1 is 1.00 bits per heavy atom. The number of unbranched alkanes of at least 4 members (excludes halogenated alkanes) is 3. The van der Waals surface area contributed by atoms with Gasteiger partial charge in [0, 0.05) is 12.2 Å². The predicted octanol–water partition coefficient (Wildman–Crippen LogP) is 3.55. The highest BCUT2D eigenvalue weighted by molar-refractivity contribution is 7.92. The summed E-state index contributed by atoms with van der Waals surface area (Å²) in [6.07, 6.45) is 4.56. The fraction of sp³-hybridized carbons (Fsp3) is 0.333. The normalized spacial score (nSPS) is 10.9. The molecule has 3 N–H and O–H groups in total. The lowest BCUT2D eigenvalue weighted by molar-refractivity contribution is -0.109. The van der Waals surface area contributed by atoms with Crippen LogP contribution in [0.15, 0.2) is 53.4 Å². The molecule has 0 unspecified atom stereocenters. The number of benzene rings is 2. The van der Waals surface area contributed by atoms with Crippen LogP contribution >= 0.6 is 0 Å². The third-order valence-corrected chi connectivity index (χ3v) is 6.07. The van der Waals surface area contributed by atoms with Crippen molar-refractivity contribution in [2.45, 2.75) is 44.4 Å². The summed E-state index contributed by atoms with van der Waals surface area (Å²) in [6.45, 7) is 4.57. The summed E-state index contributed by atoms with van der Waals surface area (Å²) in [7, 11) is -4.00. The molecule has 0 spiro atoms.